The van der Waals surface area contributed by atoms with E-state index >= 15 is 0 Å². The van der Waals surface area contributed by atoms with E-state index in [0.717, 1.165) is 36.0 Å². The van der Waals surface area contributed by atoms with Gasteiger partial charge in [0.05, 0.1) is 24.3 Å². The molecule has 1 aliphatic carbocycles. The maximum absolute atomic E-state index is 11.7. The molecule has 0 radical (unpaired) electrons. The zero-order chi connectivity index (χ0) is 25.5. The second-order valence-corrected chi connectivity index (χ2v) is 10.6. The lowest BCUT2D eigenvalue weighted by Gasteiger charge is -2.35. The van der Waals surface area contributed by atoms with E-state index in [1.165, 1.54) is 25.7 Å². The van der Waals surface area contributed by atoms with Crippen LogP contribution < -0.4 is 10.7 Å². The van der Waals surface area contributed by atoms with Gasteiger partial charge in [-0.1, -0.05) is 36.5 Å². The summed E-state index contributed by atoms with van der Waals surface area (Å²) in [6.45, 7) is 7.29. The number of fused-ring (bicyclic) bond motifs is 1. The molecule has 1 aliphatic heterocycles. The van der Waals surface area contributed by atoms with Crippen LogP contribution in [0.1, 0.15) is 39.5 Å². The third kappa shape index (κ3) is 4.73. The first kappa shape index (κ1) is 24.1. The second kappa shape index (κ2) is 9.86. The molecule has 0 spiro atoms. The van der Waals surface area contributed by atoms with Crippen LogP contribution >= 0.6 is 11.6 Å². The smallest absolute Gasteiger partial charge is 0.377 e. The van der Waals surface area contributed by atoms with Gasteiger partial charge in [-0.3, -0.25) is 14.5 Å². The molecular formula is C25H29ClN8O3. The number of pyridine rings is 1. The highest BCUT2D eigenvalue weighted by Gasteiger charge is 2.30. The molecular weight excluding hydrogens is 496 g/mol. The fraction of sp³-hybridized carbons (Fsp3) is 0.520. The predicted molar refractivity (Wildman–Crippen MR) is 138 cm³/mol. The number of anilines is 1. The largest absolute Gasteiger partial charge is 0.439 e. The van der Waals surface area contributed by atoms with Crippen LogP contribution in [0, 0.1) is 11.8 Å². The van der Waals surface area contributed by atoms with Gasteiger partial charge in [-0.2, -0.15) is 4.98 Å². The number of halogens is 1. The lowest BCUT2D eigenvalue weighted by molar-refractivity contribution is 0.0976. The fourth-order valence-electron chi connectivity index (χ4n) is 5.39. The Morgan fingerprint density at radius 1 is 1.14 bits per heavy atom. The number of H-pyrrole nitrogens is 1. The molecule has 0 unspecified atom stereocenters. The van der Waals surface area contributed by atoms with Gasteiger partial charge in [0, 0.05) is 31.0 Å². The van der Waals surface area contributed by atoms with Crippen molar-refractivity contribution in [3.8, 4) is 22.9 Å². The van der Waals surface area contributed by atoms with E-state index in [2.05, 4.69) is 38.4 Å². The minimum Gasteiger partial charge on any atom is -0.377 e. The molecule has 4 aromatic rings. The summed E-state index contributed by atoms with van der Waals surface area (Å²) in [6.07, 6.45) is 8.11. The maximum atomic E-state index is 11.7. The van der Waals surface area contributed by atoms with Crippen LogP contribution in [-0.4, -0.2) is 60.4 Å². The van der Waals surface area contributed by atoms with E-state index in [9.17, 15) is 4.79 Å². The number of ether oxygens (including phenoxy) is 1. The van der Waals surface area contributed by atoms with Gasteiger partial charge in [-0.15, -0.1) is 0 Å². The number of rotatable bonds is 5. The fourth-order valence-corrected chi connectivity index (χ4v) is 5.56. The molecule has 4 aromatic heterocycles. The van der Waals surface area contributed by atoms with E-state index in [4.69, 9.17) is 35.8 Å². The van der Waals surface area contributed by atoms with E-state index < -0.39 is 5.76 Å². The minimum absolute atomic E-state index is 0.139. The van der Waals surface area contributed by atoms with Gasteiger partial charge < -0.3 is 14.2 Å². The quantitative estimate of drug-likeness (QED) is 0.412. The van der Waals surface area contributed by atoms with Crippen LogP contribution in [0.3, 0.4) is 0 Å². The van der Waals surface area contributed by atoms with Gasteiger partial charge >= 0.3 is 5.76 Å². The topological polar surface area (TPSA) is 128 Å². The third-order valence-electron chi connectivity index (χ3n) is 7.41. The molecule has 0 bridgehead atoms. The Morgan fingerprint density at radius 2 is 1.97 bits per heavy atom. The SMILES string of the molecule is CC1CCC(Cn2c(N3CCOC[C@@H]3C)nc3nc(-c4noc(=O)[nH]4)nc(-c4cncc(Cl)c4)c32)CC1. The Labute approximate surface area is 218 Å². The van der Waals surface area contributed by atoms with E-state index in [0.29, 0.717) is 35.5 Å². The van der Waals surface area contributed by atoms with Crippen LogP contribution in [-0.2, 0) is 11.3 Å². The molecule has 2 aliphatic rings. The molecule has 0 amide bonds. The summed E-state index contributed by atoms with van der Waals surface area (Å²) in [4.78, 5) is 35.4. The zero-order valence-corrected chi connectivity index (χ0v) is 21.6. The zero-order valence-electron chi connectivity index (χ0n) is 20.9. The van der Waals surface area contributed by atoms with Crippen molar-refractivity contribution >= 4 is 28.7 Å². The average Bonchev–Trinajstić information content (AvgIpc) is 3.49. The Balaban J connectivity index is 1.58. The molecule has 1 saturated heterocycles. The number of nitrogens with one attached hydrogen (secondary N) is 1. The maximum Gasteiger partial charge on any atom is 0.439 e. The molecule has 37 heavy (non-hydrogen) atoms. The molecule has 1 atom stereocenters. The van der Waals surface area contributed by atoms with Crippen molar-refractivity contribution in [1.29, 1.82) is 0 Å². The van der Waals surface area contributed by atoms with Crippen molar-refractivity contribution < 1.29 is 9.26 Å². The molecule has 2 fully saturated rings. The van der Waals surface area contributed by atoms with Crippen LogP contribution in [0.25, 0.3) is 34.1 Å². The van der Waals surface area contributed by atoms with Crippen LogP contribution in [0.5, 0.6) is 0 Å². The second-order valence-electron chi connectivity index (χ2n) is 10.2. The number of imidazole rings is 1. The molecule has 1 saturated carbocycles. The van der Waals surface area contributed by atoms with Crippen LogP contribution in [0.15, 0.2) is 27.8 Å². The average molecular weight is 525 g/mol. The Kier molecular flexibility index (Phi) is 6.41. The van der Waals surface area contributed by atoms with E-state index in [1.807, 2.05) is 6.07 Å². The Bertz CT molecular complexity index is 1470. The van der Waals surface area contributed by atoms with Gasteiger partial charge in [-0.25, -0.2) is 14.8 Å². The highest BCUT2D eigenvalue weighted by Crippen LogP contribution is 2.36. The third-order valence-corrected chi connectivity index (χ3v) is 7.62. The Hall–Kier alpha value is -3.31. The van der Waals surface area contributed by atoms with E-state index in [1.54, 1.807) is 12.4 Å². The number of nitrogens with zero attached hydrogens (tertiary/aromatic N) is 7. The van der Waals surface area contributed by atoms with Gasteiger partial charge in [0.15, 0.2) is 5.65 Å². The van der Waals surface area contributed by atoms with Crippen molar-refractivity contribution in [2.75, 3.05) is 24.7 Å². The first-order chi connectivity index (χ1) is 18.0. The number of hydrogen-bond donors (Lipinski definition) is 1. The molecule has 194 valence electrons. The van der Waals surface area contributed by atoms with Crippen LogP contribution in [0.4, 0.5) is 5.95 Å². The van der Waals surface area contributed by atoms with Crippen LogP contribution in [0.2, 0.25) is 5.02 Å². The molecule has 11 nitrogen and oxygen atoms in total. The molecule has 12 heteroatoms. The van der Waals surface area contributed by atoms with Crippen molar-refractivity contribution in [1.82, 2.24) is 34.6 Å². The summed E-state index contributed by atoms with van der Waals surface area (Å²) in [5, 5.41) is 4.30. The van der Waals surface area contributed by atoms with Gasteiger partial charge in [0.25, 0.3) is 0 Å². The molecule has 1 N–H and O–H groups in total. The number of aromatic nitrogens is 7. The number of hydrogen-bond acceptors (Lipinski definition) is 9. The van der Waals surface area contributed by atoms with Crippen molar-refractivity contribution in [3.05, 3.63) is 34.0 Å². The first-order valence-corrected chi connectivity index (χ1v) is 13.1. The summed E-state index contributed by atoms with van der Waals surface area (Å²) in [6, 6.07) is 1.98. The van der Waals surface area contributed by atoms with Gasteiger partial charge in [0.1, 0.15) is 11.2 Å². The first-order valence-electron chi connectivity index (χ1n) is 12.8. The minimum atomic E-state index is -0.676. The normalized spacial score (nSPS) is 22.6. The summed E-state index contributed by atoms with van der Waals surface area (Å²) < 4.78 is 12.7. The Morgan fingerprint density at radius 3 is 2.70 bits per heavy atom. The van der Waals surface area contributed by atoms with E-state index in [-0.39, 0.29) is 17.7 Å². The highest BCUT2D eigenvalue weighted by molar-refractivity contribution is 6.30. The number of aromatic amines is 1. The highest BCUT2D eigenvalue weighted by atomic mass is 35.5. The standard InChI is InChI=1S/C25H29ClN8O3/c1-14-3-5-16(6-4-14)12-34-20-19(17-9-18(26)11-27-10-17)28-22(23-31-25(35)37-32-23)29-21(20)30-24(34)33-7-8-36-13-15(33)2/h9-11,14-16H,3-8,12-13H2,1-2H3,(H,31,32,35)/t14?,15-,16?/m0/s1. The van der Waals surface area contributed by atoms with Crippen molar-refractivity contribution in [2.45, 2.75) is 52.1 Å². The lowest BCUT2D eigenvalue weighted by atomic mass is 9.83. The molecule has 5 heterocycles. The molecule has 0 aromatic carbocycles. The van der Waals surface area contributed by atoms with Gasteiger partial charge in [-0.05, 0) is 37.7 Å². The number of morpholine rings is 1. The summed E-state index contributed by atoms with van der Waals surface area (Å²) in [5.74, 6) is 1.82. The van der Waals surface area contributed by atoms with Gasteiger partial charge in [0.2, 0.25) is 17.6 Å². The summed E-state index contributed by atoms with van der Waals surface area (Å²) >= 11 is 6.34. The van der Waals surface area contributed by atoms with Crippen molar-refractivity contribution in [3.63, 3.8) is 0 Å². The monoisotopic (exact) mass is 524 g/mol. The van der Waals surface area contributed by atoms with Crippen molar-refractivity contribution in [2.24, 2.45) is 11.8 Å². The summed E-state index contributed by atoms with van der Waals surface area (Å²) in [5.41, 5.74) is 2.68. The lowest BCUT2D eigenvalue weighted by Crippen LogP contribution is -2.45. The summed E-state index contributed by atoms with van der Waals surface area (Å²) in [7, 11) is 0. The predicted octanol–water partition coefficient (Wildman–Crippen LogP) is 3.94. The molecule has 6 rings (SSSR count).